The van der Waals surface area contributed by atoms with Crippen molar-refractivity contribution >= 4 is 0 Å². The molecule has 1 unspecified atom stereocenters. The van der Waals surface area contributed by atoms with Crippen LogP contribution in [-0.4, -0.2) is 23.2 Å². The van der Waals surface area contributed by atoms with Crippen LogP contribution in [0.2, 0.25) is 0 Å². The van der Waals surface area contributed by atoms with E-state index in [4.69, 9.17) is 5.11 Å². The molecule has 1 atom stereocenters. The van der Waals surface area contributed by atoms with Crippen molar-refractivity contribution in [3.63, 3.8) is 0 Å². The Morgan fingerprint density at radius 2 is 2.30 bits per heavy atom. The van der Waals surface area contributed by atoms with Crippen molar-refractivity contribution in [1.29, 1.82) is 0 Å². The molecule has 0 heterocycles. The van der Waals surface area contributed by atoms with E-state index in [2.05, 4.69) is 0 Å². The highest BCUT2D eigenvalue weighted by Gasteiger charge is 2.02. The molecule has 0 aliphatic rings. The number of hydrogen-bond donors (Lipinski definition) is 1. The standard InChI is InChI=1S/C6H13NO3/c1-6(5-8)3-2-4-7(9)10/h6,8H,2-5H2,1H3. The molecular weight excluding hydrogens is 134 g/mol. The topological polar surface area (TPSA) is 63.4 Å². The summed E-state index contributed by atoms with van der Waals surface area (Å²) in [6, 6.07) is 0. The van der Waals surface area contributed by atoms with E-state index < -0.39 is 0 Å². The quantitative estimate of drug-likeness (QED) is 0.459. The van der Waals surface area contributed by atoms with E-state index in [1.165, 1.54) is 0 Å². The van der Waals surface area contributed by atoms with Gasteiger partial charge < -0.3 is 5.11 Å². The van der Waals surface area contributed by atoms with E-state index >= 15 is 0 Å². The molecule has 0 spiro atoms. The van der Waals surface area contributed by atoms with Gasteiger partial charge in [-0.2, -0.15) is 0 Å². The molecule has 1 N–H and O–H groups in total. The lowest BCUT2D eigenvalue weighted by molar-refractivity contribution is -0.480. The second-order valence-corrected chi connectivity index (χ2v) is 2.49. The number of hydrogen-bond acceptors (Lipinski definition) is 3. The van der Waals surface area contributed by atoms with Gasteiger partial charge in [-0.1, -0.05) is 6.92 Å². The van der Waals surface area contributed by atoms with Gasteiger partial charge in [-0.15, -0.1) is 0 Å². The number of nitro groups is 1. The van der Waals surface area contributed by atoms with E-state index in [1.54, 1.807) is 0 Å². The average Bonchev–Trinajstić information content (AvgIpc) is 1.87. The first-order valence-corrected chi connectivity index (χ1v) is 3.39. The van der Waals surface area contributed by atoms with Gasteiger partial charge in [0.25, 0.3) is 0 Å². The Bertz CT molecular complexity index is 105. The Hall–Kier alpha value is -0.640. The Balaban J connectivity index is 3.11. The van der Waals surface area contributed by atoms with Crippen LogP contribution in [0.15, 0.2) is 0 Å². The Morgan fingerprint density at radius 1 is 1.70 bits per heavy atom. The molecular formula is C6H13NO3. The Labute approximate surface area is 60.0 Å². The molecule has 0 rings (SSSR count). The summed E-state index contributed by atoms with van der Waals surface area (Å²) in [6.45, 7) is 2.02. The first-order chi connectivity index (χ1) is 4.66. The van der Waals surface area contributed by atoms with Crippen molar-refractivity contribution in [2.75, 3.05) is 13.2 Å². The maximum atomic E-state index is 9.81. The summed E-state index contributed by atoms with van der Waals surface area (Å²) in [5.74, 6) is 0.194. The predicted octanol–water partition coefficient (Wildman–Crippen LogP) is 0.672. The summed E-state index contributed by atoms with van der Waals surface area (Å²) in [4.78, 5) is 9.48. The number of aliphatic hydroxyl groups is 1. The van der Waals surface area contributed by atoms with Crippen molar-refractivity contribution < 1.29 is 10.0 Å². The summed E-state index contributed by atoms with van der Waals surface area (Å²) in [6.07, 6.45) is 1.30. The van der Waals surface area contributed by atoms with Crippen LogP contribution in [0.4, 0.5) is 0 Å². The predicted molar refractivity (Wildman–Crippen MR) is 37.3 cm³/mol. The lowest BCUT2D eigenvalue weighted by atomic mass is 10.1. The second kappa shape index (κ2) is 5.17. The molecule has 0 aromatic heterocycles. The normalized spacial score (nSPS) is 13.0. The van der Waals surface area contributed by atoms with E-state index in [0.29, 0.717) is 6.42 Å². The summed E-state index contributed by atoms with van der Waals surface area (Å²) in [5.41, 5.74) is 0. The zero-order valence-corrected chi connectivity index (χ0v) is 6.12. The van der Waals surface area contributed by atoms with Crippen LogP contribution >= 0.6 is 0 Å². The molecule has 0 saturated heterocycles. The van der Waals surface area contributed by atoms with Crippen LogP contribution in [0.5, 0.6) is 0 Å². The second-order valence-electron chi connectivity index (χ2n) is 2.49. The van der Waals surface area contributed by atoms with Gasteiger partial charge in [0.05, 0.1) is 0 Å². The molecule has 0 radical (unpaired) electrons. The average molecular weight is 147 g/mol. The van der Waals surface area contributed by atoms with Gasteiger partial charge in [0.1, 0.15) is 0 Å². The van der Waals surface area contributed by atoms with Crippen LogP contribution in [0.25, 0.3) is 0 Å². The van der Waals surface area contributed by atoms with Crippen molar-refractivity contribution in [2.45, 2.75) is 19.8 Å². The maximum Gasteiger partial charge on any atom is 0.203 e. The molecule has 0 fully saturated rings. The SMILES string of the molecule is CC(CO)CCC[N+](=O)[O-]. The van der Waals surface area contributed by atoms with Crippen molar-refractivity contribution in [3.05, 3.63) is 10.1 Å². The third kappa shape index (κ3) is 5.50. The van der Waals surface area contributed by atoms with Crippen LogP contribution < -0.4 is 0 Å². The van der Waals surface area contributed by atoms with Crippen molar-refractivity contribution in [2.24, 2.45) is 5.92 Å². The third-order valence-corrected chi connectivity index (χ3v) is 1.35. The number of rotatable bonds is 5. The third-order valence-electron chi connectivity index (χ3n) is 1.35. The fourth-order valence-corrected chi connectivity index (χ4v) is 0.660. The van der Waals surface area contributed by atoms with Crippen LogP contribution in [0, 0.1) is 16.0 Å². The molecule has 0 bridgehead atoms. The van der Waals surface area contributed by atoms with Gasteiger partial charge in [-0.3, -0.25) is 10.1 Å². The largest absolute Gasteiger partial charge is 0.396 e. The highest BCUT2D eigenvalue weighted by atomic mass is 16.6. The van der Waals surface area contributed by atoms with Gasteiger partial charge in [0.2, 0.25) is 6.54 Å². The smallest absolute Gasteiger partial charge is 0.203 e. The highest BCUT2D eigenvalue weighted by molar-refractivity contribution is 4.48. The van der Waals surface area contributed by atoms with Crippen molar-refractivity contribution in [3.8, 4) is 0 Å². The molecule has 0 aliphatic carbocycles. The van der Waals surface area contributed by atoms with Crippen LogP contribution in [0.3, 0.4) is 0 Å². The van der Waals surface area contributed by atoms with E-state index in [1.807, 2.05) is 6.92 Å². The molecule has 0 saturated carbocycles. The van der Waals surface area contributed by atoms with Gasteiger partial charge in [0.15, 0.2) is 0 Å². The van der Waals surface area contributed by atoms with E-state index in [0.717, 1.165) is 6.42 Å². The van der Waals surface area contributed by atoms with Gasteiger partial charge in [-0.05, 0) is 12.3 Å². The van der Waals surface area contributed by atoms with Crippen LogP contribution in [0.1, 0.15) is 19.8 Å². The summed E-state index contributed by atoms with van der Waals surface area (Å²) in [5, 5.41) is 18.3. The molecule has 4 nitrogen and oxygen atoms in total. The molecule has 10 heavy (non-hydrogen) atoms. The van der Waals surface area contributed by atoms with Crippen molar-refractivity contribution in [1.82, 2.24) is 0 Å². The van der Waals surface area contributed by atoms with Crippen LogP contribution in [-0.2, 0) is 0 Å². The lowest BCUT2D eigenvalue weighted by Gasteiger charge is -2.03. The van der Waals surface area contributed by atoms with Gasteiger partial charge in [0, 0.05) is 18.0 Å². The van der Waals surface area contributed by atoms with E-state index in [9.17, 15) is 10.1 Å². The molecule has 60 valence electrons. The monoisotopic (exact) mass is 147 g/mol. The summed E-state index contributed by atoms with van der Waals surface area (Å²) in [7, 11) is 0. The first kappa shape index (κ1) is 9.36. The van der Waals surface area contributed by atoms with E-state index in [-0.39, 0.29) is 24.0 Å². The zero-order valence-electron chi connectivity index (χ0n) is 6.12. The highest BCUT2D eigenvalue weighted by Crippen LogP contribution is 2.02. The minimum absolute atomic E-state index is 0.0182. The first-order valence-electron chi connectivity index (χ1n) is 3.39. The minimum atomic E-state index is -0.329. The molecule has 0 aromatic rings. The zero-order chi connectivity index (χ0) is 7.98. The Kier molecular flexibility index (Phi) is 4.84. The van der Waals surface area contributed by atoms with Gasteiger partial charge >= 0.3 is 0 Å². The summed E-state index contributed by atoms with van der Waals surface area (Å²) >= 11 is 0. The summed E-state index contributed by atoms with van der Waals surface area (Å²) < 4.78 is 0. The van der Waals surface area contributed by atoms with Gasteiger partial charge in [-0.25, -0.2) is 0 Å². The molecule has 0 aromatic carbocycles. The Morgan fingerprint density at radius 3 is 2.70 bits per heavy atom. The number of nitrogens with zero attached hydrogens (tertiary/aromatic N) is 1. The molecule has 0 aliphatic heterocycles. The molecule has 4 heteroatoms. The fourth-order valence-electron chi connectivity index (χ4n) is 0.660. The minimum Gasteiger partial charge on any atom is -0.396 e. The maximum absolute atomic E-state index is 9.81. The number of aliphatic hydroxyl groups excluding tert-OH is 1. The lowest BCUT2D eigenvalue weighted by Crippen LogP contribution is -2.05. The molecule has 0 amide bonds. The fraction of sp³-hybridized carbons (Fsp3) is 1.00.